The van der Waals surface area contributed by atoms with E-state index in [2.05, 4.69) is 185 Å². The Morgan fingerprint density at radius 1 is 0.280 bits per heavy atom. The van der Waals surface area contributed by atoms with Gasteiger partial charge in [0, 0.05) is 44.0 Å². The number of para-hydroxylation sites is 3. The second-order valence-electron chi connectivity index (χ2n) is 12.8. The average Bonchev–Trinajstić information content (AvgIpc) is 3.70. The first-order valence-corrected chi connectivity index (χ1v) is 17.1. The van der Waals surface area contributed by atoms with Gasteiger partial charge in [-0.25, -0.2) is 4.98 Å². The van der Waals surface area contributed by atoms with Gasteiger partial charge in [0.2, 0.25) is 0 Å². The molecule has 3 heterocycles. The first-order chi connectivity index (χ1) is 24.8. The number of aromatic nitrogens is 3. The van der Waals surface area contributed by atoms with Crippen LogP contribution in [0.1, 0.15) is 0 Å². The van der Waals surface area contributed by atoms with Gasteiger partial charge in [-0.15, -0.1) is 0 Å². The number of hydrogen-bond acceptors (Lipinski definition) is 1. The summed E-state index contributed by atoms with van der Waals surface area (Å²) in [7, 11) is 0. The Kier molecular flexibility index (Phi) is 6.49. The highest BCUT2D eigenvalue weighted by molar-refractivity contribution is 6.19. The number of rotatable bonds is 5. The molecule has 0 N–H and O–H groups in total. The van der Waals surface area contributed by atoms with Crippen molar-refractivity contribution < 1.29 is 0 Å². The van der Waals surface area contributed by atoms with Crippen LogP contribution in [0.25, 0.3) is 88.6 Å². The van der Waals surface area contributed by atoms with Gasteiger partial charge in [-0.2, -0.15) is 0 Å². The molecule has 10 rings (SSSR count). The smallest absolute Gasteiger partial charge is 0.0715 e. The molecule has 0 aliphatic carbocycles. The first kappa shape index (κ1) is 28.3. The van der Waals surface area contributed by atoms with E-state index in [9.17, 15) is 0 Å². The van der Waals surface area contributed by atoms with Gasteiger partial charge in [-0.05, 0) is 71.8 Å². The van der Waals surface area contributed by atoms with Gasteiger partial charge in [-0.1, -0.05) is 127 Å². The normalized spacial score (nSPS) is 11.6. The van der Waals surface area contributed by atoms with Gasteiger partial charge >= 0.3 is 0 Å². The van der Waals surface area contributed by atoms with Crippen LogP contribution in [0.15, 0.2) is 188 Å². The molecule has 0 unspecified atom stereocenters. The Hall–Kier alpha value is -6.71. The van der Waals surface area contributed by atoms with Crippen molar-refractivity contribution in [3.63, 3.8) is 0 Å². The molecule has 0 spiro atoms. The van der Waals surface area contributed by atoms with Crippen molar-refractivity contribution in [1.82, 2.24) is 14.1 Å². The number of fused-ring (bicyclic) bond motifs is 6. The van der Waals surface area contributed by atoms with Crippen LogP contribution in [-0.4, -0.2) is 14.1 Å². The van der Waals surface area contributed by atoms with Crippen molar-refractivity contribution in [2.75, 3.05) is 0 Å². The lowest BCUT2D eigenvalue weighted by Gasteiger charge is -2.12. The van der Waals surface area contributed by atoms with E-state index in [0.717, 1.165) is 45.0 Å². The van der Waals surface area contributed by atoms with Crippen LogP contribution in [0.3, 0.4) is 0 Å². The highest BCUT2D eigenvalue weighted by Gasteiger charge is 2.18. The molecule has 0 saturated heterocycles. The van der Waals surface area contributed by atoms with Crippen LogP contribution in [-0.2, 0) is 0 Å². The molecule has 0 radical (unpaired) electrons. The fraction of sp³-hybridized carbons (Fsp3) is 0. The zero-order chi connectivity index (χ0) is 33.0. The standard InChI is InChI=1S/C47H31N3/c1-4-14-33(15-5-1)42-28-35(29-43(48-42)34-16-6-2-7-17-34)32-24-26-37(27-25-32)50-45-23-13-11-21-39(45)41-30-40-38-20-10-12-22-44(38)49(46(40)31-47(41)50)36-18-8-3-9-19-36/h1-31H. The van der Waals surface area contributed by atoms with Crippen molar-refractivity contribution in [1.29, 1.82) is 0 Å². The molecular weight excluding hydrogens is 607 g/mol. The maximum atomic E-state index is 5.09. The first-order valence-electron chi connectivity index (χ1n) is 17.1. The molecular formula is C47H31N3. The van der Waals surface area contributed by atoms with Crippen LogP contribution in [0.4, 0.5) is 0 Å². The van der Waals surface area contributed by atoms with E-state index in [1.54, 1.807) is 0 Å². The van der Waals surface area contributed by atoms with Crippen LogP contribution < -0.4 is 0 Å². The zero-order valence-electron chi connectivity index (χ0n) is 27.2. The summed E-state index contributed by atoms with van der Waals surface area (Å²) in [6.45, 7) is 0. The van der Waals surface area contributed by atoms with Crippen molar-refractivity contribution in [3.05, 3.63) is 188 Å². The molecule has 0 aliphatic rings. The van der Waals surface area contributed by atoms with E-state index in [1.807, 2.05) is 12.1 Å². The summed E-state index contributed by atoms with van der Waals surface area (Å²) >= 11 is 0. The molecule has 7 aromatic carbocycles. The Labute approximate surface area is 290 Å². The van der Waals surface area contributed by atoms with Gasteiger partial charge in [0.1, 0.15) is 0 Å². The molecule has 3 heteroatoms. The lowest BCUT2D eigenvalue weighted by Crippen LogP contribution is -1.96. The predicted octanol–water partition coefficient (Wildman–Crippen LogP) is 12.3. The molecule has 234 valence electrons. The second-order valence-corrected chi connectivity index (χ2v) is 12.8. The van der Waals surface area contributed by atoms with Crippen LogP contribution in [0.2, 0.25) is 0 Å². The number of nitrogens with zero attached hydrogens (tertiary/aromatic N) is 3. The van der Waals surface area contributed by atoms with Crippen LogP contribution in [0.5, 0.6) is 0 Å². The van der Waals surface area contributed by atoms with Gasteiger partial charge in [0.05, 0.1) is 33.5 Å². The summed E-state index contributed by atoms with van der Waals surface area (Å²) in [6, 6.07) is 67.2. The summed E-state index contributed by atoms with van der Waals surface area (Å²) in [6.07, 6.45) is 0. The average molecular weight is 638 g/mol. The molecule has 0 fully saturated rings. The summed E-state index contributed by atoms with van der Waals surface area (Å²) in [5, 5.41) is 5.02. The minimum Gasteiger partial charge on any atom is -0.309 e. The van der Waals surface area contributed by atoms with E-state index < -0.39 is 0 Å². The molecule has 0 atom stereocenters. The van der Waals surface area contributed by atoms with E-state index in [0.29, 0.717) is 0 Å². The predicted molar refractivity (Wildman–Crippen MR) is 209 cm³/mol. The third-order valence-corrected chi connectivity index (χ3v) is 9.90. The molecule has 3 nitrogen and oxygen atoms in total. The van der Waals surface area contributed by atoms with Gasteiger partial charge < -0.3 is 9.13 Å². The monoisotopic (exact) mass is 637 g/mol. The van der Waals surface area contributed by atoms with Crippen molar-refractivity contribution in [3.8, 4) is 45.0 Å². The minimum absolute atomic E-state index is 0.964. The third-order valence-electron chi connectivity index (χ3n) is 9.90. The number of pyridine rings is 1. The summed E-state index contributed by atoms with van der Waals surface area (Å²) < 4.78 is 4.81. The molecule has 0 aliphatic heterocycles. The SMILES string of the molecule is c1ccc(-c2cc(-c3ccc(-n4c5ccccc5c5cc6c7ccccc7n(-c7ccccc7)c6cc54)cc3)cc(-c3ccccc3)n2)cc1. The Bertz CT molecular complexity index is 2770. The van der Waals surface area contributed by atoms with Crippen LogP contribution in [0, 0.1) is 0 Å². The molecule has 0 amide bonds. The van der Waals surface area contributed by atoms with E-state index >= 15 is 0 Å². The second kappa shape index (κ2) is 11.5. The maximum Gasteiger partial charge on any atom is 0.0715 e. The summed E-state index contributed by atoms with van der Waals surface area (Å²) in [5.74, 6) is 0. The maximum absolute atomic E-state index is 5.09. The molecule has 50 heavy (non-hydrogen) atoms. The quantitative estimate of drug-likeness (QED) is 0.184. The zero-order valence-corrected chi connectivity index (χ0v) is 27.2. The summed E-state index contributed by atoms with van der Waals surface area (Å²) in [5.41, 5.74) is 13.5. The third kappa shape index (κ3) is 4.56. The Morgan fingerprint density at radius 2 is 0.720 bits per heavy atom. The Morgan fingerprint density at radius 3 is 1.24 bits per heavy atom. The van der Waals surface area contributed by atoms with Gasteiger partial charge in [0.25, 0.3) is 0 Å². The van der Waals surface area contributed by atoms with Crippen molar-refractivity contribution in [2.24, 2.45) is 0 Å². The minimum atomic E-state index is 0.964. The molecule has 0 bridgehead atoms. The lowest BCUT2D eigenvalue weighted by molar-refractivity contribution is 1.16. The van der Waals surface area contributed by atoms with Gasteiger partial charge in [-0.3, -0.25) is 0 Å². The summed E-state index contributed by atoms with van der Waals surface area (Å²) in [4.78, 5) is 5.09. The fourth-order valence-corrected chi connectivity index (χ4v) is 7.58. The molecule has 10 aromatic rings. The van der Waals surface area contributed by atoms with Crippen LogP contribution >= 0.6 is 0 Å². The van der Waals surface area contributed by atoms with Crippen molar-refractivity contribution in [2.45, 2.75) is 0 Å². The number of hydrogen-bond donors (Lipinski definition) is 0. The van der Waals surface area contributed by atoms with E-state index in [4.69, 9.17) is 4.98 Å². The van der Waals surface area contributed by atoms with Crippen molar-refractivity contribution >= 4 is 43.6 Å². The highest BCUT2D eigenvalue weighted by atomic mass is 15.0. The highest BCUT2D eigenvalue weighted by Crippen LogP contribution is 2.40. The Balaban J connectivity index is 1.17. The van der Waals surface area contributed by atoms with E-state index in [-0.39, 0.29) is 0 Å². The van der Waals surface area contributed by atoms with Gasteiger partial charge in [0.15, 0.2) is 0 Å². The number of benzene rings is 7. The lowest BCUT2D eigenvalue weighted by atomic mass is 10.00. The largest absolute Gasteiger partial charge is 0.309 e. The molecule has 0 saturated carbocycles. The van der Waals surface area contributed by atoms with E-state index in [1.165, 1.54) is 43.6 Å². The fourth-order valence-electron chi connectivity index (χ4n) is 7.58. The topological polar surface area (TPSA) is 22.8 Å². The molecule has 3 aromatic heterocycles.